The summed E-state index contributed by atoms with van der Waals surface area (Å²) in [5.41, 5.74) is 7.22. The van der Waals surface area contributed by atoms with Crippen molar-refractivity contribution in [3.63, 3.8) is 0 Å². The summed E-state index contributed by atoms with van der Waals surface area (Å²) in [4.78, 5) is 0. The van der Waals surface area contributed by atoms with Crippen molar-refractivity contribution in [2.45, 2.75) is 32.4 Å². The molecule has 2 aromatic rings. The Labute approximate surface area is 121 Å². The number of nitrogens with two attached hydrogens (primary N) is 1. The van der Waals surface area contributed by atoms with Crippen LogP contribution in [0.3, 0.4) is 0 Å². The number of hydrogen-bond acceptors (Lipinski definition) is 3. The lowest BCUT2D eigenvalue weighted by atomic mass is 9.97. The molecule has 2 atom stereocenters. The lowest BCUT2D eigenvalue weighted by Gasteiger charge is -2.23. The van der Waals surface area contributed by atoms with E-state index in [-0.39, 0.29) is 6.04 Å². The molecule has 0 radical (unpaired) electrons. The quantitative estimate of drug-likeness (QED) is 0.848. The highest BCUT2D eigenvalue weighted by atomic mass is 16.5. The first-order valence-electron chi connectivity index (χ1n) is 7.23. The normalized spacial score (nSPS) is 14.2. The molecule has 0 aromatic heterocycles. The molecule has 2 aromatic carbocycles. The van der Waals surface area contributed by atoms with Gasteiger partial charge in [-0.05, 0) is 30.4 Å². The van der Waals surface area contributed by atoms with E-state index in [1.807, 2.05) is 12.1 Å². The van der Waals surface area contributed by atoms with E-state index < -0.39 is 0 Å². The van der Waals surface area contributed by atoms with Gasteiger partial charge in [-0.25, -0.2) is 0 Å². The van der Waals surface area contributed by atoms with Crippen LogP contribution in [0.15, 0.2) is 36.4 Å². The van der Waals surface area contributed by atoms with Crippen molar-refractivity contribution in [2.75, 3.05) is 13.7 Å². The predicted octanol–water partition coefficient (Wildman–Crippen LogP) is 3.24. The summed E-state index contributed by atoms with van der Waals surface area (Å²) in [5.74, 6) is 0.906. The summed E-state index contributed by atoms with van der Waals surface area (Å²) in [6.07, 6.45) is 1.09. The number of benzene rings is 2. The average molecular weight is 272 g/mol. The second-order valence-electron chi connectivity index (χ2n) is 5.17. The predicted molar refractivity (Wildman–Crippen MR) is 85.2 cm³/mol. The van der Waals surface area contributed by atoms with E-state index >= 15 is 0 Å². The van der Waals surface area contributed by atoms with Gasteiger partial charge in [0, 0.05) is 24.0 Å². The molecule has 0 bridgehead atoms. The van der Waals surface area contributed by atoms with E-state index in [4.69, 9.17) is 10.5 Å². The first kappa shape index (κ1) is 14.8. The Balaban J connectivity index is 2.48. The molecule has 3 heteroatoms. The third-order valence-corrected chi connectivity index (χ3v) is 3.85. The van der Waals surface area contributed by atoms with Gasteiger partial charge in [-0.1, -0.05) is 37.3 Å². The van der Waals surface area contributed by atoms with E-state index in [1.165, 1.54) is 10.9 Å². The molecular formula is C17H24N2O. The molecule has 0 aliphatic rings. The first-order valence-corrected chi connectivity index (χ1v) is 7.23. The van der Waals surface area contributed by atoms with Crippen molar-refractivity contribution in [3.05, 3.63) is 42.0 Å². The van der Waals surface area contributed by atoms with Crippen LogP contribution in [0.5, 0.6) is 5.75 Å². The van der Waals surface area contributed by atoms with Crippen molar-refractivity contribution in [1.29, 1.82) is 0 Å². The van der Waals surface area contributed by atoms with Gasteiger partial charge in [0.05, 0.1) is 7.11 Å². The van der Waals surface area contributed by atoms with Crippen LogP contribution < -0.4 is 15.8 Å². The smallest absolute Gasteiger partial charge is 0.126 e. The summed E-state index contributed by atoms with van der Waals surface area (Å²) in [6, 6.07) is 13.1. The first-order chi connectivity index (χ1) is 9.71. The molecule has 2 rings (SSSR count). The highest BCUT2D eigenvalue weighted by Gasteiger charge is 2.16. The van der Waals surface area contributed by atoms with Gasteiger partial charge < -0.3 is 15.8 Å². The SMILES string of the molecule is CCC(C)NC(CN)c1ccc(OC)c2ccccc12. The molecule has 3 N–H and O–H groups in total. The van der Waals surface area contributed by atoms with Gasteiger partial charge in [0.2, 0.25) is 0 Å². The summed E-state index contributed by atoms with van der Waals surface area (Å²) in [6.45, 7) is 4.95. The van der Waals surface area contributed by atoms with Crippen molar-refractivity contribution in [2.24, 2.45) is 5.73 Å². The zero-order valence-electron chi connectivity index (χ0n) is 12.5. The Morgan fingerprint density at radius 3 is 2.45 bits per heavy atom. The number of rotatable bonds is 6. The molecule has 0 heterocycles. The molecule has 108 valence electrons. The lowest BCUT2D eigenvalue weighted by molar-refractivity contribution is 0.419. The van der Waals surface area contributed by atoms with Gasteiger partial charge in [0.25, 0.3) is 0 Å². The number of ether oxygens (including phenoxy) is 1. The molecule has 20 heavy (non-hydrogen) atoms. The number of methoxy groups -OCH3 is 1. The van der Waals surface area contributed by atoms with Gasteiger partial charge in [0.15, 0.2) is 0 Å². The minimum absolute atomic E-state index is 0.167. The Morgan fingerprint density at radius 1 is 1.15 bits per heavy atom. The third-order valence-electron chi connectivity index (χ3n) is 3.85. The summed E-state index contributed by atoms with van der Waals surface area (Å²) in [5, 5.41) is 5.94. The van der Waals surface area contributed by atoms with Crippen molar-refractivity contribution >= 4 is 10.8 Å². The van der Waals surface area contributed by atoms with Crippen molar-refractivity contribution < 1.29 is 4.74 Å². The molecule has 0 saturated carbocycles. The van der Waals surface area contributed by atoms with Crippen molar-refractivity contribution in [3.8, 4) is 5.75 Å². The van der Waals surface area contributed by atoms with Gasteiger partial charge in [-0.15, -0.1) is 0 Å². The van der Waals surface area contributed by atoms with Gasteiger partial charge in [-0.2, -0.15) is 0 Å². The highest BCUT2D eigenvalue weighted by Crippen LogP contribution is 2.31. The van der Waals surface area contributed by atoms with Crippen molar-refractivity contribution in [1.82, 2.24) is 5.32 Å². The summed E-state index contributed by atoms with van der Waals surface area (Å²) < 4.78 is 5.45. The van der Waals surface area contributed by atoms with Crippen LogP contribution in [0.2, 0.25) is 0 Å². The Hall–Kier alpha value is -1.58. The van der Waals surface area contributed by atoms with Gasteiger partial charge >= 0.3 is 0 Å². The minimum atomic E-state index is 0.167. The number of hydrogen-bond donors (Lipinski definition) is 2. The Kier molecular flexibility index (Phi) is 4.99. The fourth-order valence-electron chi connectivity index (χ4n) is 2.52. The number of nitrogens with one attached hydrogen (secondary N) is 1. The van der Waals surface area contributed by atoms with Crippen LogP contribution >= 0.6 is 0 Å². The monoisotopic (exact) mass is 272 g/mol. The summed E-state index contributed by atoms with van der Waals surface area (Å²) in [7, 11) is 1.71. The molecule has 0 saturated heterocycles. The van der Waals surface area contributed by atoms with E-state index in [9.17, 15) is 0 Å². The molecular weight excluding hydrogens is 248 g/mol. The van der Waals surface area contributed by atoms with Crippen LogP contribution in [-0.4, -0.2) is 19.7 Å². The maximum atomic E-state index is 5.98. The topological polar surface area (TPSA) is 47.3 Å². The third kappa shape index (κ3) is 2.94. The van der Waals surface area contributed by atoms with E-state index in [2.05, 4.69) is 43.4 Å². The summed E-state index contributed by atoms with van der Waals surface area (Å²) >= 11 is 0. The van der Waals surface area contributed by atoms with Crippen LogP contribution in [0.25, 0.3) is 10.8 Å². The molecule has 0 fully saturated rings. The van der Waals surface area contributed by atoms with Crippen LogP contribution in [0, 0.1) is 0 Å². The molecule has 0 aliphatic carbocycles. The molecule has 2 unspecified atom stereocenters. The van der Waals surface area contributed by atoms with Crippen LogP contribution in [0.4, 0.5) is 0 Å². The van der Waals surface area contributed by atoms with Crippen LogP contribution in [-0.2, 0) is 0 Å². The fourth-order valence-corrected chi connectivity index (χ4v) is 2.52. The maximum Gasteiger partial charge on any atom is 0.126 e. The zero-order valence-corrected chi connectivity index (χ0v) is 12.5. The highest BCUT2D eigenvalue weighted by molar-refractivity contribution is 5.91. The fraction of sp³-hybridized carbons (Fsp3) is 0.412. The number of fused-ring (bicyclic) bond motifs is 1. The standard InChI is InChI=1S/C17H24N2O/c1-4-12(2)19-16(11-18)14-9-10-17(20-3)15-8-6-5-7-13(14)15/h5-10,12,16,19H,4,11,18H2,1-3H3. The van der Waals surface area contributed by atoms with E-state index in [1.54, 1.807) is 7.11 Å². The Morgan fingerprint density at radius 2 is 1.85 bits per heavy atom. The maximum absolute atomic E-state index is 5.98. The molecule has 0 spiro atoms. The average Bonchev–Trinajstić information content (AvgIpc) is 2.51. The van der Waals surface area contributed by atoms with E-state index in [0.29, 0.717) is 12.6 Å². The van der Waals surface area contributed by atoms with Gasteiger partial charge in [-0.3, -0.25) is 0 Å². The van der Waals surface area contributed by atoms with Crippen LogP contribution in [0.1, 0.15) is 31.9 Å². The largest absolute Gasteiger partial charge is 0.496 e. The molecule has 0 aliphatic heterocycles. The van der Waals surface area contributed by atoms with Gasteiger partial charge in [0.1, 0.15) is 5.75 Å². The molecule has 3 nitrogen and oxygen atoms in total. The lowest BCUT2D eigenvalue weighted by Crippen LogP contribution is -2.34. The van der Waals surface area contributed by atoms with E-state index in [0.717, 1.165) is 17.6 Å². The minimum Gasteiger partial charge on any atom is -0.496 e. The second-order valence-corrected chi connectivity index (χ2v) is 5.17. The Bertz CT molecular complexity index is 568. The second kappa shape index (κ2) is 6.73. The zero-order chi connectivity index (χ0) is 14.5. The molecule has 0 amide bonds.